The van der Waals surface area contributed by atoms with Gasteiger partial charge in [0, 0.05) is 9.13 Å². The van der Waals surface area contributed by atoms with Gasteiger partial charge in [0.05, 0.1) is 5.56 Å². The molecule has 0 N–H and O–H groups in total. The molecule has 2 aromatic carbocycles. The molecular formula is C14H10FIO2. The number of para-hydroxylation sites is 1. The van der Waals surface area contributed by atoms with Crippen LogP contribution in [0.15, 0.2) is 42.5 Å². The van der Waals surface area contributed by atoms with Crippen LogP contribution in [-0.4, -0.2) is 5.97 Å². The Bertz CT molecular complexity index is 582. The van der Waals surface area contributed by atoms with Crippen molar-refractivity contribution in [3.8, 4) is 5.75 Å². The van der Waals surface area contributed by atoms with Gasteiger partial charge in [-0.1, -0.05) is 18.2 Å². The van der Waals surface area contributed by atoms with Crippen molar-refractivity contribution in [2.24, 2.45) is 0 Å². The van der Waals surface area contributed by atoms with Gasteiger partial charge in [0.15, 0.2) is 0 Å². The third kappa shape index (κ3) is 2.69. The summed E-state index contributed by atoms with van der Waals surface area (Å²) in [7, 11) is 0. The van der Waals surface area contributed by atoms with Crippen molar-refractivity contribution < 1.29 is 13.9 Å². The number of hydrogen-bond acceptors (Lipinski definition) is 2. The van der Waals surface area contributed by atoms with Crippen molar-refractivity contribution >= 4 is 28.6 Å². The number of benzene rings is 2. The van der Waals surface area contributed by atoms with Crippen LogP contribution in [0.5, 0.6) is 5.75 Å². The third-order valence-corrected chi connectivity index (χ3v) is 3.40. The molecule has 0 saturated heterocycles. The topological polar surface area (TPSA) is 26.3 Å². The molecule has 0 aliphatic carbocycles. The molecule has 2 nitrogen and oxygen atoms in total. The summed E-state index contributed by atoms with van der Waals surface area (Å²) in [5, 5.41) is 0. The Morgan fingerprint density at radius 2 is 1.83 bits per heavy atom. The first-order chi connectivity index (χ1) is 8.59. The number of carbonyl (C=O) groups is 1. The van der Waals surface area contributed by atoms with Crippen LogP contribution in [0, 0.1) is 16.3 Å². The summed E-state index contributed by atoms with van der Waals surface area (Å²) in [6, 6.07) is 11.6. The van der Waals surface area contributed by atoms with E-state index in [0.717, 1.165) is 0 Å². The Morgan fingerprint density at radius 3 is 2.50 bits per heavy atom. The molecule has 0 saturated carbocycles. The second-order valence-corrected chi connectivity index (χ2v) is 4.89. The zero-order chi connectivity index (χ0) is 13.1. The maximum atomic E-state index is 13.4. The molecule has 0 spiro atoms. The van der Waals surface area contributed by atoms with E-state index < -0.39 is 11.8 Å². The van der Waals surface area contributed by atoms with Crippen LogP contribution < -0.4 is 4.74 Å². The average Bonchev–Trinajstić information content (AvgIpc) is 2.36. The van der Waals surface area contributed by atoms with Crippen molar-refractivity contribution in [1.82, 2.24) is 0 Å². The lowest BCUT2D eigenvalue weighted by molar-refractivity contribution is 0.0732. The van der Waals surface area contributed by atoms with Crippen LogP contribution >= 0.6 is 22.6 Å². The molecule has 0 radical (unpaired) electrons. The molecule has 0 heterocycles. The first-order valence-electron chi connectivity index (χ1n) is 5.31. The first-order valence-corrected chi connectivity index (χ1v) is 6.39. The SMILES string of the molecule is Cc1c(F)ccc(I)c1C(=O)Oc1ccccc1. The van der Waals surface area contributed by atoms with Crippen molar-refractivity contribution in [2.75, 3.05) is 0 Å². The van der Waals surface area contributed by atoms with Crippen LogP contribution in [0.2, 0.25) is 0 Å². The number of halogens is 2. The number of carbonyl (C=O) groups excluding carboxylic acids is 1. The van der Waals surface area contributed by atoms with E-state index in [0.29, 0.717) is 14.9 Å². The lowest BCUT2D eigenvalue weighted by atomic mass is 10.1. The normalized spacial score (nSPS) is 10.2. The van der Waals surface area contributed by atoms with Crippen molar-refractivity contribution in [1.29, 1.82) is 0 Å². The summed E-state index contributed by atoms with van der Waals surface area (Å²) >= 11 is 1.99. The van der Waals surface area contributed by atoms with E-state index in [2.05, 4.69) is 0 Å². The monoisotopic (exact) mass is 356 g/mol. The van der Waals surface area contributed by atoms with Crippen LogP contribution in [0.25, 0.3) is 0 Å². The average molecular weight is 356 g/mol. The fourth-order valence-corrected chi connectivity index (χ4v) is 2.35. The second-order valence-electron chi connectivity index (χ2n) is 3.73. The molecule has 0 aliphatic heterocycles. The predicted molar refractivity (Wildman–Crippen MR) is 75.3 cm³/mol. The lowest BCUT2D eigenvalue weighted by Gasteiger charge is -2.09. The summed E-state index contributed by atoms with van der Waals surface area (Å²) in [5.41, 5.74) is 0.585. The fraction of sp³-hybridized carbons (Fsp3) is 0.0714. The first kappa shape index (κ1) is 13.0. The smallest absolute Gasteiger partial charge is 0.344 e. The van der Waals surface area contributed by atoms with Gasteiger partial charge in [-0.05, 0) is 53.8 Å². The summed E-state index contributed by atoms with van der Waals surface area (Å²) < 4.78 is 19.3. The molecule has 2 rings (SSSR count). The number of esters is 1. The van der Waals surface area contributed by atoms with E-state index in [1.54, 1.807) is 37.3 Å². The molecule has 4 heteroatoms. The van der Waals surface area contributed by atoms with E-state index in [-0.39, 0.29) is 5.56 Å². The summed E-state index contributed by atoms with van der Waals surface area (Å²) in [4.78, 5) is 12.0. The summed E-state index contributed by atoms with van der Waals surface area (Å²) in [5.74, 6) is -0.500. The second kappa shape index (κ2) is 5.48. The molecule has 0 amide bonds. The fourth-order valence-electron chi connectivity index (χ4n) is 1.55. The molecule has 0 fully saturated rings. The van der Waals surface area contributed by atoms with E-state index in [4.69, 9.17) is 4.74 Å². The Kier molecular flexibility index (Phi) is 3.96. The summed E-state index contributed by atoms with van der Waals surface area (Å²) in [6.45, 7) is 1.57. The van der Waals surface area contributed by atoms with Gasteiger partial charge in [-0.2, -0.15) is 0 Å². The van der Waals surface area contributed by atoms with Crippen molar-refractivity contribution in [2.45, 2.75) is 6.92 Å². The predicted octanol–water partition coefficient (Wildman–Crippen LogP) is 3.96. The molecule has 0 aliphatic rings. The van der Waals surface area contributed by atoms with Gasteiger partial charge in [0.1, 0.15) is 11.6 Å². The van der Waals surface area contributed by atoms with Crippen LogP contribution in [0.4, 0.5) is 4.39 Å². The zero-order valence-corrected chi connectivity index (χ0v) is 11.8. The minimum absolute atomic E-state index is 0.277. The van der Waals surface area contributed by atoms with Gasteiger partial charge in [-0.25, -0.2) is 9.18 Å². The third-order valence-electron chi connectivity index (χ3n) is 2.51. The minimum atomic E-state index is -0.539. The molecular weight excluding hydrogens is 346 g/mol. The molecule has 2 aromatic rings. The van der Waals surface area contributed by atoms with Crippen molar-refractivity contribution in [3.05, 3.63) is 63.0 Å². The highest BCUT2D eigenvalue weighted by molar-refractivity contribution is 14.1. The number of hydrogen-bond donors (Lipinski definition) is 0. The maximum absolute atomic E-state index is 13.4. The van der Waals surface area contributed by atoms with E-state index in [9.17, 15) is 9.18 Å². The van der Waals surface area contributed by atoms with Gasteiger partial charge in [0.2, 0.25) is 0 Å². The minimum Gasteiger partial charge on any atom is -0.423 e. The van der Waals surface area contributed by atoms with Gasteiger partial charge < -0.3 is 4.74 Å². The van der Waals surface area contributed by atoms with Crippen LogP contribution in [0.3, 0.4) is 0 Å². The Morgan fingerprint density at radius 1 is 1.17 bits per heavy atom. The highest BCUT2D eigenvalue weighted by Crippen LogP contribution is 2.21. The van der Waals surface area contributed by atoms with Gasteiger partial charge in [-0.3, -0.25) is 0 Å². The van der Waals surface area contributed by atoms with Gasteiger partial charge in [-0.15, -0.1) is 0 Å². The van der Waals surface area contributed by atoms with Crippen LogP contribution in [-0.2, 0) is 0 Å². The van der Waals surface area contributed by atoms with E-state index in [1.807, 2.05) is 28.7 Å². The standard InChI is InChI=1S/C14H10FIO2/c1-9-11(15)7-8-12(16)13(9)14(17)18-10-5-3-2-4-6-10/h2-8H,1H3. The Labute approximate surface area is 118 Å². The molecule has 0 unspecified atom stereocenters. The lowest BCUT2D eigenvalue weighted by Crippen LogP contribution is -2.13. The Balaban J connectivity index is 2.33. The van der Waals surface area contributed by atoms with Crippen molar-refractivity contribution in [3.63, 3.8) is 0 Å². The maximum Gasteiger partial charge on any atom is 0.344 e. The van der Waals surface area contributed by atoms with Crippen LogP contribution in [0.1, 0.15) is 15.9 Å². The van der Waals surface area contributed by atoms with E-state index >= 15 is 0 Å². The largest absolute Gasteiger partial charge is 0.423 e. The highest BCUT2D eigenvalue weighted by Gasteiger charge is 2.17. The number of rotatable bonds is 2. The molecule has 92 valence electrons. The quantitative estimate of drug-likeness (QED) is 0.463. The number of ether oxygens (including phenoxy) is 1. The summed E-state index contributed by atoms with van der Waals surface area (Å²) in [6.07, 6.45) is 0. The zero-order valence-electron chi connectivity index (χ0n) is 9.61. The molecule has 0 atom stereocenters. The van der Waals surface area contributed by atoms with Gasteiger partial charge in [0.25, 0.3) is 0 Å². The van der Waals surface area contributed by atoms with E-state index in [1.165, 1.54) is 6.07 Å². The molecule has 0 bridgehead atoms. The highest BCUT2D eigenvalue weighted by atomic mass is 127. The van der Waals surface area contributed by atoms with Gasteiger partial charge >= 0.3 is 5.97 Å². The molecule has 0 aromatic heterocycles. The Hall–Kier alpha value is -1.43. The molecule has 18 heavy (non-hydrogen) atoms.